The van der Waals surface area contributed by atoms with Crippen LogP contribution in [0.3, 0.4) is 0 Å². The molecular formula is C17H19BO3. The molecule has 0 heterocycles. The molecule has 1 unspecified atom stereocenters. The Morgan fingerprint density at radius 2 is 1.81 bits per heavy atom. The van der Waals surface area contributed by atoms with Gasteiger partial charge in [-0.1, -0.05) is 48.5 Å². The van der Waals surface area contributed by atoms with Crippen LogP contribution < -0.4 is 5.46 Å². The predicted molar refractivity (Wildman–Crippen MR) is 83.2 cm³/mol. The van der Waals surface area contributed by atoms with E-state index in [1.54, 1.807) is 12.1 Å². The van der Waals surface area contributed by atoms with E-state index in [9.17, 15) is 0 Å². The number of hydrogen-bond donors (Lipinski definition) is 2. The first kappa shape index (κ1) is 14.3. The van der Waals surface area contributed by atoms with Crippen LogP contribution in [0.1, 0.15) is 35.6 Å². The third-order valence-corrected chi connectivity index (χ3v) is 4.04. The topological polar surface area (TPSA) is 49.7 Å². The molecule has 0 radical (unpaired) electrons. The molecule has 0 saturated heterocycles. The first-order chi connectivity index (χ1) is 10.2. The van der Waals surface area contributed by atoms with Crippen molar-refractivity contribution >= 4 is 12.6 Å². The summed E-state index contributed by atoms with van der Waals surface area (Å²) in [7, 11) is -1.41. The number of fused-ring (bicyclic) bond motifs is 1. The Morgan fingerprint density at radius 1 is 1.05 bits per heavy atom. The zero-order chi connectivity index (χ0) is 14.7. The standard InChI is InChI=1S/C17H19BO3/c19-18(20)15-10-8-13(9-11-15)12-21-17-7-3-5-14-4-1-2-6-16(14)17/h1-2,4,6,8-11,17,19-20H,3,5,7,12H2. The predicted octanol–water partition coefficient (Wildman–Crippen LogP) is 1.96. The Bertz CT molecular complexity index is 595. The molecule has 0 saturated carbocycles. The van der Waals surface area contributed by atoms with E-state index in [1.165, 1.54) is 11.1 Å². The molecule has 4 heteroatoms. The van der Waals surface area contributed by atoms with Gasteiger partial charge in [0.25, 0.3) is 0 Å². The Kier molecular flexibility index (Phi) is 4.39. The lowest BCUT2D eigenvalue weighted by Gasteiger charge is -2.25. The average molecular weight is 282 g/mol. The fourth-order valence-corrected chi connectivity index (χ4v) is 2.87. The van der Waals surface area contributed by atoms with Crippen molar-refractivity contribution in [3.8, 4) is 0 Å². The summed E-state index contributed by atoms with van der Waals surface area (Å²) in [6.07, 6.45) is 3.53. The van der Waals surface area contributed by atoms with Crippen molar-refractivity contribution in [1.29, 1.82) is 0 Å². The van der Waals surface area contributed by atoms with E-state index in [-0.39, 0.29) is 6.10 Å². The monoisotopic (exact) mass is 282 g/mol. The van der Waals surface area contributed by atoms with Crippen LogP contribution in [-0.4, -0.2) is 17.2 Å². The molecule has 3 rings (SSSR count). The van der Waals surface area contributed by atoms with Gasteiger partial charge < -0.3 is 14.8 Å². The second-order valence-electron chi connectivity index (χ2n) is 5.51. The molecule has 21 heavy (non-hydrogen) atoms. The second-order valence-corrected chi connectivity index (χ2v) is 5.51. The van der Waals surface area contributed by atoms with Gasteiger partial charge in [-0.25, -0.2) is 0 Å². The van der Waals surface area contributed by atoms with Crippen molar-refractivity contribution < 1.29 is 14.8 Å². The summed E-state index contributed by atoms with van der Waals surface area (Å²) in [5.41, 5.74) is 4.25. The molecule has 0 aromatic heterocycles. The van der Waals surface area contributed by atoms with Gasteiger partial charge >= 0.3 is 7.12 Å². The molecule has 1 atom stereocenters. The van der Waals surface area contributed by atoms with Crippen molar-refractivity contribution in [2.45, 2.75) is 32.0 Å². The zero-order valence-electron chi connectivity index (χ0n) is 11.9. The normalized spacial score (nSPS) is 17.3. The summed E-state index contributed by atoms with van der Waals surface area (Å²) in [6, 6.07) is 15.7. The third-order valence-electron chi connectivity index (χ3n) is 4.04. The maximum Gasteiger partial charge on any atom is 0.488 e. The second kappa shape index (κ2) is 6.44. The number of rotatable bonds is 4. The lowest BCUT2D eigenvalue weighted by Crippen LogP contribution is -2.29. The summed E-state index contributed by atoms with van der Waals surface area (Å²) in [4.78, 5) is 0. The van der Waals surface area contributed by atoms with Gasteiger partial charge in [-0.15, -0.1) is 0 Å². The van der Waals surface area contributed by atoms with Gasteiger partial charge in [0, 0.05) is 0 Å². The molecule has 1 aliphatic rings. The smallest absolute Gasteiger partial charge is 0.423 e. The summed E-state index contributed by atoms with van der Waals surface area (Å²) >= 11 is 0. The molecule has 0 aliphatic heterocycles. The van der Waals surface area contributed by atoms with Crippen LogP contribution >= 0.6 is 0 Å². The van der Waals surface area contributed by atoms with E-state index < -0.39 is 7.12 Å². The lowest BCUT2D eigenvalue weighted by atomic mass is 9.80. The average Bonchev–Trinajstić information content (AvgIpc) is 2.53. The van der Waals surface area contributed by atoms with E-state index in [0.29, 0.717) is 12.1 Å². The molecular weight excluding hydrogens is 263 g/mol. The number of aryl methyl sites for hydroxylation is 1. The quantitative estimate of drug-likeness (QED) is 0.843. The zero-order valence-corrected chi connectivity index (χ0v) is 11.9. The fraction of sp³-hybridized carbons (Fsp3) is 0.294. The van der Waals surface area contributed by atoms with Crippen molar-refractivity contribution in [2.75, 3.05) is 0 Å². The minimum atomic E-state index is -1.41. The highest BCUT2D eigenvalue weighted by Crippen LogP contribution is 2.32. The van der Waals surface area contributed by atoms with Crippen LogP contribution in [0.2, 0.25) is 0 Å². The summed E-state index contributed by atoms with van der Waals surface area (Å²) in [5, 5.41) is 18.2. The van der Waals surface area contributed by atoms with E-state index in [0.717, 1.165) is 24.8 Å². The van der Waals surface area contributed by atoms with Crippen molar-refractivity contribution in [2.24, 2.45) is 0 Å². The van der Waals surface area contributed by atoms with Crippen LogP contribution in [0.5, 0.6) is 0 Å². The van der Waals surface area contributed by atoms with Crippen molar-refractivity contribution in [1.82, 2.24) is 0 Å². The molecule has 1 aliphatic carbocycles. The Labute approximate surface area is 125 Å². The van der Waals surface area contributed by atoms with Crippen LogP contribution in [0.15, 0.2) is 48.5 Å². The lowest BCUT2D eigenvalue weighted by molar-refractivity contribution is 0.0283. The molecule has 2 N–H and O–H groups in total. The van der Waals surface area contributed by atoms with Gasteiger partial charge in [0.1, 0.15) is 0 Å². The Hall–Kier alpha value is -1.62. The van der Waals surface area contributed by atoms with Crippen LogP contribution in [-0.2, 0) is 17.8 Å². The highest BCUT2D eigenvalue weighted by Gasteiger charge is 2.20. The van der Waals surface area contributed by atoms with Crippen molar-refractivity contribution in [3.05, 3.63) is 65.2 Å². The van der Waals surface area contributed by atoms with E-state index in [2.05, 4.69) is 24.3 Å². The maximum absolute atomic E-state index is 9.08. The van der Waals surface area contributed by atoms with Gasteiger partial charge in [-0.2, -0.15) is 0 Å². The first-order valence-electron chi connectivity index (χ1n) is 7.38. The minimum Gasteiger partial charge on any atom is -0.423 e. The first-order valence-corrected chi connectivity index (χ1v) is 7.38. The minimum absolute atomic E-state index is 0.165. The van der Waals surface area contributed by atoms with Gasteiger partial charge in [0.05, 0.1) is 12.7 Å². The Balaban J connectivity index is 1.66. The van der Waals surface area contributed by atoms with E-state index in [1.807, 2.05) is 12.1 Å². The maximum atomic E-state index is 9.08. The van der Waals surface area contributed by atoms with Gasteiger partial charge in [0.2, 0.25) is 0 Å². The molecule has 0 bridgehead atoms. The highest BCUT2D eigenvalue weighted by atomic mass is 16.5. The van der Waals surface area contributed by atoms with Crippen LogP contribution in [0.4, 0.5) is 0 Å². The van der Waals surface area contributed by atoms with Crippen LogP contribution in [0, 0.1) is 0 Å². The van der Waals surface area contributed by atoms with Gasteiger partial charge in [-0.3, -0.25) is 0 Å². The molecule has 0 spiro atoms. The summed E-state index contributed by atoms with van der Waals surface area (Å²) < 4.78 is 6.07. The molecule has 3 nitrogen and oxygen atoms in total. The fourth-order valence-electron chi connectivity index (χ4n) is 2.87. The molecule has 2 aromatic rings. The summed E-state index contributed by atoms with van der Waals surface area (Å²) in [5.74, 6) is 0. The number of ether oxygens (including phenoxy) is 1. The van der Waals surface area contributed by atoms with E-state index >= 15 is 0 Å². The van der Waals surface area contributed by atoms with E-state index in [4.69, 9.17) is 14.8 Å². The van der Waals surface area contributed by atoms with Gasteiger partial charge in [-0.05, 0) is 41.4 Å². The SMILES string of the molecule is OB(O)c1ccc(COC2CCCc3ccccc32)cc1. The number of benzene rings is 2. The molecule has 0 fully saturated rings. The highest BCUT2D eigenvalue weighted by molar-refractivity contribution is 6.58. The molecule has 108 valence electrons. The Morgan fingerprint density at radius 3 is 2.57 bits per heavy atom. The molecule has 2 aromatic carbocycles. The number of hydrogen-bond acceptors (Lipinski definition) is 3. The van der Waals surface area contributed by atoms with Crippen molar-refractivity contribution in [3.63, 3.8) is 0 Å². The van der Waals surface area contributed by atoms with Crippen LogP contribution in [0.25, 0.3) is 0 Å². The largest absolute Gasteiger partial charge is 0.488 e. The summed E-state index contributed by atoms with van der Waals surface area (Å²) in [6.45, 7) is 0.542. The molecule has 0 amide bonds. The van der Waals surface area contributed by atoms with Gasteiger partial charge in [0.15, 0.2) is 0 Å². The third kappa shape index (κ3) is 3.35.